The van der Waals surface area contributed by atoms with Crippen molar-refractivity contribution in [3.63, 3.8) is 0 Å². The van der Waals surface area contributed by atoms with E-state index in [9.17, 15) is 4.79 Å². The second-order valence-electron chi connectivity index (χ2n) is 5.07. The van der Waals surface area contributed by atoms with E-state index in [4.69, 9.17) is 0 Å². The monoisotopic (exact) mass is 273 g/mol. The lowest BCUT2D eigenvalue weighted by Gasteiger charge is -2.07. The summed E-state index contributed by atoms with van der Waals surface area (Å²) in [7, 11) is 2.09. The van der Waals surface area contributed by atoms with Crippen LogP contribution >= 0.6 is 0 Å². The second-order valence-corrected chi connectivity index (χ2v) is 5.07. The molecule has 0 radical (unpaired) electrons. The molecule has 2 aromatic rings. The number of para-hydroxylation sites is 1. The van der Waals surface area contributed by atoms with Gasteiger partial charge in [-0.2, -0.15) is 0 Å². The molecule has 4 nitrogen and oxygen atoms in total. The van der Waals surface area contributed by atoms with E-state index in [0.29, 0.717) is 6.54 Å². The Morgan fingerprint density at radius 2 is 1.90 bits per heavy atom. The van der Waals surface area contributed by atoms with Crippen molar-refractivity contribution >= 4 is 16.9 Å². The number of rotatable bonds is 5. The van der Waals surface area contributed by atoms with Crippen LogP contribution in [0, 0.1) is 6.92 Å². The lowest BCUT2D eigenvalue weighted by atomic mass is 10.1. The van der Waals surface area contributed by atoms with E-state index < -0.39 is 0 Å². The summed E-state index contributed by atoms with van der Waals surface area (Å²) < 4.78 is 2.21. The van der Waals surface area contributed by atoms with Gasteiger partial charge in [0.05, 0.1) is 0 Å². The number of carbonyl (C=O) groups is 1. The fourth-order valence-electron chi connectivity index (χ4n) is 2.52. The maximum Gasteiger partial charge on any atom is 0.314 e. The summed E-state index contributed by atoms with van der Waals surface area (Å²) in [5.41, 5.74) is 3.83. The molecule has 1 aromatic heterocycles. The summed E-state index contributed by atoms with van der Waals surface area (Å²) in [6.45, 7) is 5.55. The second kappa shape index (κ2) is 6.46. The number of fused-ring (bicyclic) bond motifs is 1. The van der Waals surface area contributed by atoms with Crippen molar-refractivity contribution in [3.8, 4) is 0 Å². The number of amides is 2. The van der Waals surface area contributed by atoms with Crippen molar-refractivity contribution in [2.45, 2.75) is 26.7 Å². The summed E-state index contributed by atoms with van der Waals surface area (Å²) in [5, 5.41) is 7.01. The van der Waals surface area contributed by atoms with Crippen LogP contribution in [0.2, 0.25) is 0 Å². The van der Waals surface area contributed by atoms with Crippen LogP contribution in [0.3, 0.4) is 0 Å². The third-order valence-electron chi connectivity index (χ3n) is 3.73. The molecule has 4 heteroatoms. The van der Waals surface area contributed by atoms with Crippen molar-refractivity contribution in [2.75, 3.05) is 13.1 Å². The topological polar surface area (TPSA) is 46.1 Å². The zero-order valence-electron chi connectivity index (χ0n) is 12.5. The lowest BCUT2D eigenvalue weighted by Crippen LogP contribution is -2.36. The van der Waals surface area contributed by atoms with Crippen molar-refractivity contribution in [2.24, 2.45) is 7.05 Å². The van der Waals surface area contributed by atoms with E-state index in [0.717, 1.165) is 19.4 Å². The summed E-state index contributed by atoms with van der Waals surface area (Å²) in [6, 6.07) is 8.32. The molecule has 20 heavy (non-hydrogen) atoms. The number of aryl methyl sites for hydroxylation is 1. The first kappa shape index (κ1) is 14.4. The molecule has 0 aliphatic carbocycles. The summed E-state index contributed by atoms with van der Waals surface area (Å²) >= 11 is 0. The van der Waals surface area contributed by atoms with E-state index in [-0.39, 0.29) is 6.03 Å². The van der Waals surface area contributed by atoms with Gasteiger partial charge in [-0.3, -0.25) is 0 Å². The van der Waals surface area contributed by atoms with Gasteiger partial charge in [0.1, 0.15) is 0 Å². The average Bonchev–Trinajstić information content (AvgIpc) is 2.70. The SMILES string of the molecule is CCCNC(=O)NCCc1c(C)n(C)c2ccccc12. The smallest absolute Gasteiger partial charge is 0.314 e. The Kier molecular flexibility index (Phi) is 4.66. The zero-order chi connectivity index (χ0) is 14.5. The number of nitrogens with zero attached hydrogens (tertiary/aromatic N) is 1. The first-order chi connectivity index (χ1) is 9.65. The van der Waals surface area contributed by atoms with Gasteiger partial charge >= 0.3 is 6.03 Å². The van der Waals surface area contributed by atoms with Crippen LogP contribution in [0.4, 0.5) is 4.79 Å². The number of nitrogens with one attached hydrogen (secondary N) is 2. The molecule has 0 aliphatic rings. The molecule has 108 valence electrons. The quantitative estimate of drug-likeness (QED) is 0.864. The van der Waals surface area contributed by atoms with Crippen LogP contribution in [-0.4, -0.2) is 23.7 Å². The van der Waals surface area contributed by atoms with Crippen molar-refractivity contribution < 1.29 is 4.79 Å². The molecule has 1 heterocycles. The van der Waals surface area contributed by atoms with E-state index in [1.54, 1.807) is 0 Å². The summed E-state index contributed by atoms with van der Waals surface area (Å²) in [4.78, 5) is 11.5. The normalized spacial score (nSPS) is 10.8. The van der Waals surface area contributed by atoms with E-state index >= 15 is 0 Å². The van der Waals surface area contributed by atoms with E-state index in [2.05, 4.69) is 53.4 Å². The predicted molar refractivity (Wildman–Crippen MR) is 83.1 cm³/mol. The standard InChI is InChI=1S/C16H23N3O/c1-4-10-17-16(20)18-11-9-13-12(2)19(3)15-8-6-5-7-14(13)15/h5-8H,4,9-11H2,1-3H3,(H2,17,18,20). The third-order valence-corrected chi connectivity index (χ3v) is 3.73. The van der Waals surface area contributed by atoms with Crippen molar-refractivity contribution in [1.82, 2.24) is 15.2 Å². The van der Waals surface area contributed by atoms with Gasteiger partial charge in [-0.05, 0) is 31.4 Å². The van der Waals surface area contributed by atoms with Gasteiger partial charge < -0.3 is 15.2 Å². The predicted octanol–water partition coefficient (Wildman–Crippen LogP) is 2.74. The number of hydrogen-bond acceptors (Lipinski definition) is 1. The average molecular weight is 273 g/mol. The highest BCUT2D eigenvalue weighted by Gasteiger charge is 2.11. The Morgan fingerprint density at radius 1 is 1.20 bits per heavy atom. The summed E-state index contributed by atoms with van der Waals surface area (Å²) in [5.74, 6) is 0. The Labute approximate surface area is 120 Å². The molecule has 2 amide bonds. The van der Waals surface area contributed by atoms with Gasteiger partial charge in [0.15, 0.2) is 0 Å². The van der Waals surface area contributed by atoms with Crippen molar-refractivity contribution in [1.29, 1.82) is 0 Å². The summed E-state index contributed by atoms with van der Waals surface area (Å²) in [6.07, 6.45) is 1.81. The molecular formula is C16H23N3O. The molecular weight excluding hydrogens is 250 g/mol. The number of benzene rings is 1. The van der Waals surface area contributed by atoms with Gasteiger partial charge in [-0.25, -0.2) is 4.79 Å². The third kappa shape index (κ3) is 2.95. The molecule has 1 aromatic carbocycles. The minimum atomic E-state index is -0.0789. The molecule has 0 bridgehead atoms. The van der Waals surface area contributed by atoms with Crippen LogP contribution in [0.15, 0.2) is 24.3 Å². The highest BCUT2D eigenvalue weighted by molar-refractivity contribution is 5.85. The fourth-order valence-corrected chi connectivity index (χ4v) is 2.52. The van der Waals surface area contributed by atoms with Crippen LogP contribution in [0.25, 0.3) is 10.9 Å². The molecule has 0 fully saturated rings. The number of hydrogen-bond donors (Lipinski definition) is 2. The largest absolute Gasteiger partial charge is 0.348 e. The van der Waals surface area contributed by atoms with Crippen molar-refractivity contribution in [3.05, 3.63) is 35.5 Å². The number of aromatic nitrogens is 1. The molecule has 0 saturated carbocycles. The van der Waals surface area contributed by atoms with Crippen LogP contribution in [0.1, 0.15) is 24.6 Å². The minimum absolute atomic E-state index is 0.0789. The van der Waals surface area contributed by atoms with E-state index in [1.165, 1.54) is 22.2 Å². The molecule has 0 aliphatic heterocycles. The Balaban J connectivity index is 2.03. The Hall–Kier alpha value is -1.97. The Morgan fingerprint density at radius 3 is 2.65 bits per heavy atom. The first-order valence-corrected chi connectivity index (χ1v) is 7.19. The lowest BCUT2D eigenvalue weighted by molar-refractivity contribution is 0.241. The fraction of sp³-hybridized carbons (Fsp3) is 0.438. The highest BCUT2D eigenvalue weighted by Crippen LogP contribution is 2.24. The van der Waals surface area contributed by atoms with Crippen LogP contribution in [0.5, 0.6) is 0 Å². The molecule has 0 atom stereocenters. The van der Waals surface area contributed by atoms with Crippen LogP contribution in [-0.2, 0) is 13.5 Å². The minimum Gasteiger partial charge on any atom is -0.348 e. The Bertz CT molecular complexity index is 601. The van der Waals surface area contributed by atoms with Gasteiger partial charge in [-0.15, -0.1) is 0 Å². The maximum absolute atomic E-state index is 11.5. The van der Waals surface area contributed by atoms with Gasteiger partial charge in [0.25, 0.3) is 0 Å². The number of carbonyl (C=O) groups excluding carboxylic acids is 1. The molecule has 0 spiro atoms. The van der Waals surface area contributed by atoms with Gasteiger partial charge in [0.2, 0.25) is 0 Å². The molecule has 0 unspecified atom stereocenters. The van der Waals surface area contributed by atoms with Gasteiger partial charge in [-0.1, -0.05) is 25.1 Å². The first-order valence-electron chi connectivity index (χ1n) is 7.19. The van der Waals surface area contributed by atoms with Crippen LogP contribution < -0.4 is 10.6 Å². The van der Waals surface area contributed by atoms with E-state index in [1.807, 2.05) is 6.92 Å². The highest BCUT2D eigenvalue weighted by atomic mass is 16.2. The zero-order valence-corrected chi connectivity index (χ0v) is 12.5. The van der Waals surface area contributed by atoms with Gasteiger partial charge in [0, 0.05) is 36.7 Å². The maximum atomic E-state index is 11.5. The number of urea groups is 1. The molecule has 2 rings (SSSR count). The molecule has 2 N–H and O–H groups in total. The molecule has 0 saturated heterocycles.